The molecule has 2 aromatic carbocycles. The second-order valence-electron chi connectivity index (χ2n) is 7.89. The molecule has 1 aliphatic rings. The fraction of sp³-hybridized carbons (Fsp3) is 0.348. The Morgan fingerprint density at radius 2 is 1.90 bits per heavy atom. The Kier molecular flexibility index (Phi) is 5.99. The molecule has 0 aliphatic carbocycles. The number of anilines is 2. The third-order valence-electron chi connectivity index (χ3n) is 5.49. The van der Waals surface area contributed by atoms with Crippen molar-refractivity contribution in [1.82, 2.24) is 14.3 Å². The predicted molar refractivity (Wildman–Crippen MR) is 122 cm³/mol. The number of benzene rings is 2. The summed E-state index contributed by atoms with van der Waals surface area (Å²) < 4.78 is 4.55. The molecule has 4 rings (SSSR count). The van der Waals surface area contributed by atoms with E-state index in [9.17, 15) is 4.79 Å². The van der Waals surface area contributed by atoms with E-state index < -0.39 is 0 Å². The van der Waals surface area contributed by atoms with Gasteiger partial charge < -0.3 is 15.1 Å². The summed E-state index contributed by atoms with van der Waals surface area (Å²) in [5, 5.41) is 3.98. The van der Waals surface area contributed by atoms with E-state index in [0.29, 0.717) is 6.54 Å². The number of carbonyl (C=O) groups is 1. The van der Waals surface area contributed by atoms with Crippen molar-refractivity contribution < 1.29 is 4.79 Å². The van der Waals surface area contributed by atoms with Crippen LogP contribution in [0.5, 0.6) is 0 Å². The number of hydrogen-bond acceptors (Lipinski definition) is 5. The van der Waals surface area contributed by atoms with Crippen LogP contribution in [-0.4, -0.2) is 46.0 Å². The van der Waals surface area contributed by atoms with Gasteiger partial charge in [-0.05, 0) is 38.0 Å². The van der Waals surface area contributed by atoms with E-state index in [1.807, 2.05) is 36.1 Å². The Labute approximate surface area is 181 Å². The van der Waals surface area contributed by atoms with Crippen LogP contribution < -0.4 is 10.2 Å². The number of amides is 2. The number of aromatic nitrogens is 2. The summed E-state index contributed by atoms with van der Waals surface area (Å²) in [5.74, 6) is 0.853. The van der Waals surface area contributed by atoms with Crippen molar-refractivity contribution in [1.29, 1.82) is 0 Å². The molecule has 1 saturated heterocycles. The summed E-state index contributed by atoms with van der Waals surface area (Å²) in [6.07, 6.45) is 0.741. The molecule has 2 heterocycles. The van der Waals surface area contributed by atoms with Crippen molar-refractivity contribution in [2.24, 2.45) is 0 Å². The molecule has 1 aliphatic heterocycles. The zero-order valence-corrected chi connectivity index (χ0v) is 18.4. The van der Waals surface area contributed by atoms with Crippen LogP contribution in [0.25, 0.3) is 0 Å². The molecule has 0 bridgehead atoms. The summed E-state index contributed by atoms with van der Waals surface area (Å²) in [5.41, 5.74) is 4.40. The first kappa shape index (κ1) is 20.3. The van der Waals surface area contributed by atoms with Crippen molar-refractivity contribution in [2.45, 2.75) is 33.2 Å². The number of nitrogens with zero attached hydrogens (tertiary/aromatic N) is 4. The highest BCUT2D eigenvalue weighted by Gasteiger charge is 2.29. The van der Waals surface area contributed by atoms with Gasteiger partial charge in [0.2, 0.25) is 5.13 Å². The maximum Gasteiger partial charge on any atom is 0.322 e. The van der Waals surface area contributed by atoms with Crippen molar-refractivity contribution in [3.63, 3.8) is 0 Å². The molecule has 1 N–H and O–H groups in total. The topological polar surface area (TPSA) is 61.4 Å². The van der Waals surface area contributed by atoms with E-state index in [4.69, 9.17) is 4.98 Å². The Balaban J connectivity index is 1.36. The van der Waals surface area contributed by atoms with E-state index >= 15 is 0 Å². The average molecular weight is 422 g/mol. The molecule has 0 spiro atoms. The number of urea groups is 1. The quantitative estimate of drug-likeness (QED) is 0.674. The van der Waals surface area contributed by atoms with Crippen LogP contribution in [0.3, 0.4) is 0 Å². The van der Waals surface area contributed by atoms with Crippen molar-refractivity contribution >= 4 is 28.4 Å². The lowest BCUT2D eigenvalue weighted by atomic mass is 10.1. The minimum Gasteiger partial charge on any atom is -0.343 e. The summed E-state index contributed by atoms with van der Waals surface area (Å²) in [6, 6.07) is 16.4. The van der Waals surface area contributed by atoms with Crippen molar-refractivity contribution in [2.75, 3.05) is 29.9 Å². The van der Waals surface area contributed by atoms with Crippen LogP contribution in [0.15, 0.2) is 48.5 Å². The monoisotopic (exact) mass is 421 g/mol. The van der Waals surface area contributed by atoms with Crippen LogP contribution in [0, 0.1) is 13.8 Å². The summed E-state index contributed by atoms with van der Waals surface area (Å²) in [4.78, 5) is 21.7. The standard InChI is InChI=1S/C23H27N5OS/c1-16-8-10-19(11-9-16)14-21-25-23(30-26-21)27-12-13-28(18(3)15-27)22(29)24-20-7-5-4-6-17(20)2/h4-11,18H,12-15H2,1-3H3,(H,24,29). The van der Waals surface area contributed by atoms with Crippen LogP contribution >= 0.6 is 11.5 Å². The van der Waals surface area contributed by atoms with Crippen LogP contribution in [0.4, 0.5) is 15.6 Å². The van der Waals surface area contributed by atoms with Gasteiger partial charge in [0, 0.05) is 49.3 Å². The van der Waals surface area contributed by atoms with E-state index in [-0.39, 0.29) is 12.1 Å². The summed E-state index contributed by atoms with van der Waals surface area (Å²) in [6.45, 7) is 8.33. The van der Waals surface area contributed by atoms with Gasteiger partial charge in [0.15, 0.2) is 0 Å². The number of hydrogen-bond donors (Lipinski definition) is 1. The van der Waals surface area contributed by atoms with Gasteiger partial charge in [0.1, 0.15) is 5.82 Å². The number of carbonyl (C=O) groups excluding carboxylic acids is 1. The summed E-state index contributed by atoms with van der Waals surface area (Å²) in [7, 11) is 0. The highest BCUT2D eigenvalue weighted by molar-refractivity contribution is 7.09. The lowest BCUT2D eigenvalue weighted by Gasteiger charge is -2.39. The Morgan fingerprint density at radius 3 is 2.63 bits per heavy atom. The zero-order chi connectivity index (χ0) is 21.1. The molecule has 0 radical (unpaired) electrons. The second-order valence-corrected chi connectivity index (χ2v) is 8.62. The molecule has 1 unspecified atom stereocenters. The first-order valence-corrected chi connectivity index (χ1v) is 11.0. The minimum absolute atomic E-state index is 0.0474. The summed E-state index contributed by atoms with van der Waals surface area (Å²) >= 11 is 1.44. The fourth-order valence-electron chi connectivity index (χ4n) is 3.67. The van der Waals surface area contributed by atoms with Crippen molar-refractivity contribution in [3.8, 4) is 0 Å². The first-order valence-electron chi connectivity index (χ1n) is 10.3. The molecule has 1 fully saturated rings. The minimum atomic E-state index is -0.0474. The SMILES string of the molecule is Cc1ccc(Cc2nsc(N3CCN(C(=O)Nc4ccccc4C)C(C)C3)n2)cc1. The van der Waals surface area contributed by atoms with Crippen LogP contribution in [0.1, 0.15) is 29.4 Å². The molecule has 7 heteroatoms. The van der Waals surface area contributed by atoms with Crippen molar-refractivity contribution in [3.05, 3.63) is 71.0 Å². The highest BCUT2D eigenvalue weighted by Crippen LogP contribution is 2.23. The van der Waals surface area contributed by atoms with E-state index in [1.54, 1.807) is 0 Å². The van der Waals surface area contributed by atoms with Crippen LogP contribution in [0.2, 0.25) is 0 Å². The van der Waals surface area contributed by atoms with Gasteiger partial charge in [0.25, 0.3) is 0 Å². The van der Waals surface area contributed by atoms with E-state index in [2.05, 4.69) is 52.7 Å². The normalized spacial score (nSPS) is 16.6. The molecule has 0 saturated carbocycles. The number of nitrogens with one attached hydrogen (secondary N) is 1. The lowest BCUT2D eigenvalue weighted by molar-refractivity contribution is 0.185. The molecular weight excluding hydrogens is 394 g/mol. The number of aryl methyl sites for hydroxylation is 2. The van der Waals surface area contributed by atoms with Crippen LogP contribution in [-0.2, 0) is 6.42 Å². The number of piperazine rings is 1. The molecule has 1 aromatic heterocycles. The van der Waals surface area contributed by atoms with Gasteiger partial charge in [-0.3, -0.25) is 0 Å². The molecule has 2 amide bonds. The van der Waals surface area contributed by atoms with Gasteiger partial charge in [-0.15, -0.1) is 0 Å². The average Bonchev–Trinajstić information content (AvgIpc) is 3.20. The lowest BCUT2D eigenvalue weighted by Crippen LogP contribution is -2.55. The Morgan fingerprint density at radius 1 is 1.13 bits per heavy atom. The molecule has 3 aromatic rings. The molecule has 30 heavy (non-hydrogen) atoms. The van der Waals surface area contributed by atoms with Gasteiger partial charge in [-0.2, -0.15) is 4.37 Å². The molecule has 1 atom stereocenters. The second kappa shape index (κ2) is 8.83. The maximum absolute atomic E-state index is 12.8. The largest absolute Gasteiger partial charge is 0.343 e. The molecule has 156 valence electrons. The third-order valence-corrected chi connectivity index (χ3v) is 6.30. The zero-order valence-electron chi connectivity index (χ0n) is 17.6. The highest BCUT2D eigenvalue weighted by atomic mass is 32.1. The Bertz CT molecular complexity index is 1020. The van der Waals surface area contributed by atoms with E-state index in [0.717, 1.165) is 41.7 Å². The maximum atomic E-state index is 12.8. The first-order chi connectivity index (χ1) is 14.5. The Hall–Kier alpha value is -2.93. The van der Waals surface area contributed by atoms with Gasteiger partial charge in [-0.25, -0.2) is 9.78 Å². The van der Waals surface area contributed by atoms with Gasteiger partial charge >= 0.3 is 6.03 Å². The molecular formula is C23H27N5OS. The smallest absolute Gasteiger partial charge is 0.322 e. The van der Waals surface area contributed by atoms with Gasteiger partial charge in [0.05, 0.1) is 0 Å². The van der Waals surface area contributed by atoms with Gasteiger partial charge in [-0.1, -0.05) is 48.0 Å². The molecule has 6 nitrogen and oxygen atoms in total. The number of para-hydroxylation sites is 1. The predicted octanol–water partition coefficient (Wildman–Crippen LogP) is 4.49. The third kappa shape index (κ3) is 4.62. The number of rotatable bonds is 4. The van der Waals surface area contributed by atoms with E-state index in [1.165, 1.54) is 22.7 Å². The fourth-order valence-corrected chi connectivity index (χ4v) is 4.39.